The normalized spacial score (nSPS) is 15.5. The number of benzene rings is 3. The smallest absolute Gasteiger partial charge is 0.312 e. The largest absolute Gasteiger partial charge is 0.508 e. The van der Waals surface area contributed by atoms with E-state index < -0.39 is 29.3 Å². The van der Waals surface area contributed by atoms with Crippen LogP contribution >= 0.6 is 0 Å². The highest BCUT2D eigenvalue weighted by Crippen LogP contribution is 2.43. The molecule has 32 heavy (non-hydrogen) atoms. The molecule has 1 aliphatic heterocycles. The lowest BCUT2D eigenvalue weighted by Crippen LogP contribution is -2.22. The third-order valence-electron chi connectivity index (χ3n) is 5.47. The van der Waals surface area contributed by atoms with Crippen LogP contribution < -0.4 is 10.2 Å². The fourth-order valence-electron chi connectivity index (χ4n) is 3.96. The lowest BCUT2D eigenvalue weighted by Gasteiger charge is -2.25. The summed E-state index contributed by atoms with van der Waals surface area (Å²) in [6.45, 7) is 0. The van der Waals surface area contributed by atoms with Crippen molar-refractivity contribution in [2.75, 3.05) is 0 Å². The first-order valence-corrected chi connectivity index (χ1v) is 9.56. The Morgan fingerprint density at radius 1 is 0.938 bits per heavy atom. The molecule has 0 unspecified atom stereocenters. The van der Waals surface area contributed by atoms with Crippen molar-refractivity contribution in [3.05, 3.63) is 93.6 Å². The van der Waals surface area contributed by atoms with Gasteiger partial charge >= 0.3 is 5.97 Å². The van der Waals surface area contributed by atoms with Gasteiger partial charge in [0, 0.05) is 11.5 Å². The van der Waals surface area contributed by atoms with E-state index in [1.165, 1.54) is 30.5 Å². The molecule has 160 valence electrons. The second kappa shape index (κ2) is 7.26. The van der Waals surface area contributed by atoms with E-state index in [-0.39, 0.29) is 51.0 Å². The Morgan fingerprint density at radius 2 is 1.62 bits per heavy atom. The zero-order chi connectivity index (χ0) is 22.6. The summed E-state index contributed by atoms with van der Waals surface area (Å²) in [4.78, 5) is 25.3. The number of halogens is 3. The Morgan fingerprint density at radius 3 is 2.31 bits per heavy atom. The number of phenolic OH excluding ortho intramolecular Hbond substituents is 1. The first-order chi connectivity index (χ1) is 15.3. The molecule has 0 amide bonds. The standard InChI is InChI=1S/C24H13F3O5/c25-17-7-12(8-18(26)22(17)27)15-9-20(29)32-19-6-5-14-23(30)16(10-31-24(14)21(15)19)11-1-3-13(28)4-2-11/h1-8,10,15,28H,9H2/t15-/m0/s1. The lowest BCUT2D eigenvalue weighted by molar-refractivity contribution is -0.135. The van der Waals surface area contributed by atoms with Gasteiger partial charge in [-0.2, -0.15) is 0 Å². The van der Waals surface area contributed by atoms with Gasteiger partial charge in [0.05, 0.1) is 17.4 Å². The van der Waals surface area contributed by atoms with Gasteiger partial charge in [0.25, 0.3) is 0 Å². The molecule has 0 saturated carbocycles. The Hall–Kier alpha value is -4.07. The Kier molecular flexibility index (Phi) is 4.51. The number of rotatable bonds is 2. The number of carbonyl (C=O) groups excluding carboxylic acids is 1. The van der Waals surface area contributed by atoms with Crippen LogP contribution in [0.1, 0.15) is 23.5 Å². The third-order valence-corrected chi connectivity index (χ3v) is 5.47. The molecule has 2 heterocycles. The van der Waals surface area contributed by atoms with Crippen molar-refractivity contribution in [1.29, 1.82) is 0 Å². The second-order valence-electron chi connectivity index (χ2n) is 7.41. The third kappa shape index (κ3) is 3.11. The molecule has 0 saturated heterocycles. The molecule has 0 aliphatic carbocycles. The van der Waals surface area contributed by atoms with Crippen LogP contribution in [0.15, 0.2) is 64.0 Å². The van der Waals surface area contributed by atoms with Crippen molar-refractivity contribution in [2.45, 2.75) is 12.3 Å². The fourth-order valence-corrected chi connectivity index (χ4v) is 3.96. The van der Waals surface area contributed by atoms with Crippen LogP contribution in [0.4, 0.5) is 13.2 Å². The van der Waals surface area contributed by atoms with Crippen LogP contribution in [0.3, 0.4) is 0 Å². The second-order valence-corrected chi connectivity index (χ2v) is 7.41. The van der Waals surface area contributed by atoms with Gasteiger partial charge in [0.15, 0.2) is 17.5 Å². The minimum Gasteiger partial charge on any atom is -0.508 e. The van der Waals surface area contributed by atoms with Crippen molar-refractivity contribution in [2.24, 2.45) is 0 Å². The van der Waals surface area contributed by atoms with Crippen LogP contribution in [0, 0.1) is 17.5 Å². The molecule has 0 radical (unpaired) electrons. The predicted molar refractivity (Wildman–Crippen MR) is 108 cm³/mol. The number of hydrogen-bond acceptors (Lipinski definition) is 5. The Labute approximate surface area is 178 Å². The molecule has 4 aromatic rings. The molecule has 5 rings (SSSR count). The van der Waals surface area contributed by atoms with E-state index in [0.717, 1.165) is 12.1 Å². The highest BCUT2D eigenvalue weighted by Gasteiger charge is 2.33. The fraction of sp³-hybridized carbons (Fsp3) is 0.0833. The molecule has 0 spiro atoms. The van der Waals surface area contributed by atoms with E-state index in [1.807, 2.05) is 0 Å². The number of carbonyl (C=O) groups is 1. The maximum absolute atomic E-state index is 13.9. The highest BCUT2D eigenvalue weighted by atomic mass is 19.2. The monoisotopic (exact) mass is 438 g/mol. The summed E-state index contributed by atoms with van der Waals surface area (Å²) >= 11 is 0. The molecule has 8 heteroatoms. The Bertz CT molecular complexity index is 1430. The maximum atomic E-state index is 13.9. The molecule has 0 bridgehead atoms. The lowest BCUT2D eigenvalue weighted by atomic mass is 9.85. The van der Waals surface area contributed by atoms with Crippen molar-refractivity contribution in [3.63, 3.8) is 0 Å². The predicted octanol–water partition coefficient (Wildman–Crippen LogP) is 5.02. The van der Waals surface area contributed by atoms with E-state index in [4.69, 9.17) is 9.15 Å². The van der Waals surface area contributed by atoms with Gasteiger partial charge in [-0.05, 0) is 47.5 Å². The number of esters is 1. The van der Waals surface area contributed by atoms with Crippen molar-refractivity contribution in [3.8, 4) is 22.6 Å². The average molecular weight is 438 g/mol. The van der Waals surface area contributed by atoms with Crippen LogP contribution in [0.5, 0.6) is 11.5 Å². The van der Waals surface area contributed by atoms with Gasteiger partial charge < -0.3 is 14.3 Å². The minimum absolute atomic E-state index is 0.0112. The summed E-state index contributed by atoms with van der Waals surface area (Å²) < 4.78 is 52.3. The number of hydrogen-bond donors (Lipinski definition) is 1. The summed E-state index contributed by atoms with van der Waals surface area (Å²) in [6, 6.07) is 10.4. The summed E-state index contributed by atoms with van der Waals surface area (Å²) in [6.07, 6.45) is 0.955. The van der Waals surface area contributed by atoms with E-state index in [2.05, 4.69) is 0 Å². The average Bonchev–Trinajstić information content (AvgIpc) is 2.77. The van der Waals surface area contributed by atoms with Crippen molar-refractivity contribution >= 4 is 16.9 Å². The minimum atomic E-state index is -1.62. The molecular weight excluding hydrogens is 425 g/mol. The molecule has 1 aliphatic rings. The molecular formula is C24H13F3O5. The Balaban J connectivity index is 1.74. The SMILES string of the molecule is O=C1C[C@@H](c2cc(F)c(F)c(F)c2)c2c(ccc3c(=O)c(-c4ccc(O)cc4)coc23)O1. The molecule has 1 N–H and O–H groups in total. The highest BCUT2D eigenvalue weighted by molar-refractivity contribution is 5.90. The van der Waals surface area contributed by atoms with Gasteiger partial charge in [0.2, 0.25) is 5.43 Å². The van der Waals surface area contributed by atoms with Gasteiger partial charge in [-0.15, -0.1) is 0 Å². The number of phenols is 1. The van der Waals surface area contributed by atoms with Crippen molar-refractivity contribution < 1.29 is 32.2 Å². The van der Waals surface area contributed by atoms with E-state index >= 15 is 0 Å². The number of ether oxygens (including phenoxy) is 1. The summed E-state index contributed by atoms with van der Waals surface area (Å²) in [5, 5.41) is 9.64. The van der Waals surface area contributed by atoms with Crippen LogP contribution in [0.25, 0.3) is 22.1 Å². The van der Waals surface area contributed by atoms with E-state index in [9.17, 15) is 27.9 Å². The topological polar surface area (TPSA) is 76.7 Å². The first kappa shape index (κ1) is 19.9. The summed E-state index contributed by atoms with van der Waals surface area (Å²) in [5.41, 5.74) is 0.742. The van der Waals surface area contributed by atoms with Gasteiger partial charge in [-0.25, -0.2) is 13.2 Å². The molecule has 5 nitrogen and oxygen atoms in total. The van der Waals surface area contributed by atoms with Gasteiger partial charge in [-0.1, -0.05) is 12.1 Å². The zero-order valence-electron chi connectivity index (χ0n) is 16.2. The van der Waals surface area contributed by atoms with Crippen LogP contribution in [-0.4, -0.2) is 11.1 Å². The first-order valence-electron chi connectivity index (χ1n) is 9.56. The summed E-state index contributed by atoms with van der Waals surface area (Å²) in [7, 11) is 0. The van der Waals surface area contributed by atoms with E-state index in [1.54, 1.807) is 12.1 Å². The summed E-state index contributed by atoms with van der Waals surface area (Å²) in [5.74, 6) is -5.83. The van der Waals surface area contributed by atoms with Gasteiger partial charge in [-0.3, -0.25) is 9.59 Å². The van der Waals surface area contributed by atoms with Gasteiger partial charge in [0.1, 0.15) is 23.3 Å². The van der Waals surface area contributed by atoms with Crippen LogP contribution in [0.2, 0.25) is 0 Å². The van der Waals surface area contributed by atoms with Crippen LogP contribution in [-0.2, 0) is 4.79 Å². The number of fused-ring (bicyclic) bond motifs is 3. The molecule has 1 atom stereocenters. The molecule has 3 aromatic carbocycles. The zero-order valence-corrected chi connectivity index (χ0v) is 16.2. The quantitative estimate of drug-likeness (QED) is 0.270. The number of aromatic hydroxyl groups is 1. The van der Waals surface area contributed by atoms with E-state index in [0.29, 0.717) is 5.56 Å². The maximum Gasteiger partial charge on any atom is 0.312 e. The van der Waals surface area contributed by atoms with Crippen molar-refractivity contribution in [1.82, 2.24) is 0 Å². The molecule has 1 aromatic heterocycles. The molecule has 0 fully saturated rings.